The zero-order valence-electron chi connectivity index (χ0n) is 11.8. The van der Waals surface area contributed by atoms with Gasteiger partial charge in [-0.15, -0.1) is 0 Å². The van der Waals surface area contributed by atoms with E-state index in [1.807, 2.05) is 31.2 Å². The molecule has 0 amide bonds. The van der Waals surface area contributed by atoms with Crippen molar-refractivity contribution in [2.75, 3.05) is 10.6 Å². The molecular formula is C15H15FN4S2. The van der Waals surface area contributed by atoms with Crippen molar-refractivity contribution in [3.05, 3.63) is 59.9 Å². The summed E-state index contributed by atoms with van der Waals surface area (Å²) >= 11 is 10.3. The molecule has 0 bridgehead atoms. The average Bonchev–Trinajstić information content (AvgIpc) is 2.50. The third-order valence-electron chi connectivity index (χ3n) is 2.78. The molecule has 0 spiro atoms. The van der Waals surface area contributed by atoms with Gasteiger partial charge in [0, 0.05) is 11.4 Å². The van der Waals surface area contributed by atoms with Crippen LogP contribution in [0.4, 0.5) is 15.8 Å². The summed E-state index contributed by atoms with van der Waals surface area (Å²) in [5.74, 6) is -0.300. The van der Waals surface area contributed by atoms with Gasteiger partial charge in [0.05, 0.1) is 0 Å². The van der Waals surface area contributed by atoms with Crippen molar-refractivity contribution >= 4 is 46.0 Å². The number of para-hydroxylation sites is 1. The molecule has 22 heavy (non-hydrogen) atoms. The quantitative estimate of drug-likeness (QED) is 0.499. The third kappa shape index (κ3) is 4.94. The lowest BCUT2D eigenvalue weighted by molar-refractivity contribution is 0.628. The van der Waals surface area contributed by atoms with E-state index in [1.54, 1.807) is 12.1 Å². The molecule has 0 saturated carbocycles. The van der Waals surface area contributed by atoms with Crippen molar-refractivity contribution in [1.82, 2.24) is 10.9 Å². The first-order chi connectivity index (χ1) is 10.5. The number of hydrazine groups is 1. The Hall–Kier alpha value is -2.25. The summed E-state index contributed by atoms with van der Waals surface area (Å²) in [6.45, 7) is 1.99. The van der Waals surface area contributed by atoms with Gasteiger partial charge in [0.25, 0.3) is 0 Å². The highest BCUT2D eigenvalue weighted by Gasteiger charge is 2.01. The average molecular weight is 334 g/mol. The minimum Gasteiger partial charge on any atom is -0.331 e. The molecule has 0 aliphatic rings. The summed E-state index contributed by atoms with van der Waals surface area (Å²) in [7, 11) is 0. The first-order valence-electron chi connectivity index (χ1n) is 6.50. The molecule has 0 heterocycles. The Labute approximate surface area is 139 Å². The van der Waals surface area contributed by atoms with Crippen LogP contribution in [0.5, 0.6) is 0 Å². The maximum atomic E-state index is 12.8. The molecule has 114 valence electrons. The number of aryl methyl sites for hydroxylation is 1. The molecule has 0 aliphatic heterocycles. The molecule has 0 fully saturated rings. The van der Waals surface area contributed by atoms with Gasteiger partial charge in [0.1, 0.15) is 5.82 Å². The summed E-state index contributed by atoms with van der Waals surface area (Å²) in [5, 5.41) is 6.67. The van der Waals surface area contributed by atoms with Gasteiger partial charge < -0.3 is 10.6 Å². The monoisotopic (exact) mass is 334 g/mol. The number of benzene rings is 2. The number of rotatable bonds is 2. The summed E-state index contributed by atoms with van der Waals surface area (Å²) < 4.78 is 12.8. The lowest BCUT2D eigenvalue weighted by atomic mass is 10.2. The highest BCUT2D eigenvalue weighted by atomic mass is 32.1. The zero-order valence-corrected chi connectivity index (χ0v) is 13.4. The first-order valence-corrected chi connectivity index (χ1v) is 7.31. The molecule has 0 aliphatic carbocycles. The molecule has 2 aromatic rings. The predicted octanol–water partition coefficient (Wildman–Crippen LogP) is 3.32. The molecular weight excluding hydrogens is 319 g/mol. The molecule has 2 aromatic carbocycles. The summed E-state index contributed by atoms with van der Waals surface area (Å²) in [5.41, 5.74) is 8.22. The lowest BCUT2D eigenvalue weighted by Gasteiger charge is -2.15. The van der Waals surface area contributed by atoms with E-state index < -0.39 is 0 Å². The van der Waals surface area contributed by atoms with Crippen LogP contribution in [0.1, 0.15) is 5.56 Å². The van der Waals surface area contributed by atoms with Crippen LogP contribution < -0.4 is 21.5 Å². The number of halogens is 1. The second kappa shape index (κ2) is 7.67. The van der Waals surface area contributed by atoms with Crippen LogP contribution in [-0.4, -0.2) is 10.2 Å². The van der Waals surface area contributed by atoms with Crippen LogP contribution in [0.25, 0.3) is 0 Å². The number of thiocarbonyl (C=S) groups is 2. The van der Waals surface area contributed by atoms with Crippen molar-refractivity contribution in [1.29, 1.82) is 0 Å². The zero-order chi connectivity index (χ0) is 15.9. The van der Waals surface area contributed by atoms with Gasteiger partial charge in [-0.05, 0) is 67.3 Å². The van der Waals surface area contributed by atoms with Crippen molar-refractivity contribution < 1.29 is 4.39 Å². The van der Waals surface area contributed by atoms with E-state index in [0.29, 0.717) is 15.9 Å². The predicted molar refractivity (Wildman–Crippen MR) is 96.3 cm³/mol. The largest absolute Gasteiger partial charge is 0.331 e. The maximum Gasteiger partial charge on any atom is 0.189 e. The second-order valence-corrected chi connectivity index (χ2v) is 5.30. The fraction of sp³-hybridized carbons (Fsp3) is 0.0667. The standard InChI is InChI=1S/C15H15FN4S2/c1-10-4-2-3-5-13(10)18-15(22)20-19-14(21)17-12-8-6-11(16)7-9-12/h2-9H,1H3,(H2,17,19,21)(H2,18,20,22). The van der Waals surface area contributed by atoms with E-state index in [9.17, 15) is 4.39 Å². The molecule has 0 saturated heterocycles. The van der Waals surface area contributed by atoms with Gasteiger partial charge in [-0.3, -0.25) is 10.9 Å². The Balaban J connectivity index is 1.79. The van der Waals surface area contributed by atoms with Crippen molar-refractivity contribution in [3.8, 4) is 0 Å². The summed E-state index contributed by atoms with van der Waals surface area (Å²) in [6, 6.07) is 13.7. The van der Waals surface area contributed by atoms with Gasteiger partial charge in [-0.1, -0.05) is 18.2 Å². The van der Waals surface area contributed by atoms with Crippen LogP contribution >= 0.6 is 24.4 Å². The second-order valence-electron chi connectivity index (χ2n) is 4.48. The fourth-order valence-corrected chi connectivity index (χ4v) is 2.01. The Bertz CT molecular complexity index is 673. The van der Waals surface area contributed by atoms with E-state index in [2.05, 4.69) is 21.5 Å². The summed E-state index contributed by atoms with van der Waals surface area (Å²) in [6.07, 6.45) is 0. The molecule has 0 atom stereocenters. The highest BCUT2D eigenvalue weighted by molar-refractivity contribution is 7.81. The topological polar surface area (TPSA) is 48.1 Å². The van der Waals surface area contributed by atoms with Gasteiger partial charge in [-0.25, -0.2) is 4.39 Å². The van der Waals surface area contributed by atoms with Crippen LogP contribution in [0.15, 0.2) is 48.5 Å². The molecule has 4 nitrogen and oxygen atoms in total. The summed E-state index contributed by atoms with van der Waals surface area (Å²) in [4.78, 5) is 0. The molecule has 0 radical (unpaired) electrons. The van der Waals surface area contributed by atoms with E-state index in [1.165, 1.54) is 12.1 Å². The van der Waals surface area contributed by atoms with Crippen LogP contribution in [0, 0.1) is 12.7 Å². The Morgan fingerprint density at radius 3 is 2.09 bits per heavy atom. The SMILES string of the molecule is Cc1ccccc1NC(=S)NNC(=S)Nc1ccc(F)cc1. The molecule has 0 aromatic heterocycles. The molecule has 2 rings (SSSR count). The highest BCUT2D eigenvalue weighted by Crippen LogP contribution is 2.12. The number of hydrogen-bond donors (Lipinski definition) is 4. The smallest absolute Gasteiger partial charge is 0.189 e. The van der Waals surface area contributed by atoms with Crippen LogP contribution in [0.3, 0.4) is 0 Å². The van der Waals surface area contributed by atoms with Crippen molar-refractivity contribution in [3.63, 3.8) is 0 Å². The van der Waals surface area contributed by atoms with Gasteiger partial charge in [-0.2, -0.15) is 0 Å². The fourth-order valence-electron chi connectivity index (χ4n) is 1.68. The van der Waals surface area contributed by atoms with Gasteiger partial charge in [0.15, 0.2) is 10.2 Å². The number of nitrogens with one attached hydrogen (secondary N) is 4. The van der Waals surface area contributed by atoms with Crippen LogP contribution in [-0.2, 0) is 0 Å². The normalized spacial score (nSPS) is 9.73. The maximum absolute atomic E-state index is 12.8. The van der Waals surface area contributed by atoms with Gasteiger partial charge >= 0.3 is 0 Å². The Morgan fingerprint density at radius 2 is 1.45 bits per heavy atom. The van der Waals surface area contributed by atoms with E-state index >= 15 is 0 Å². The molecule has 0 unspecified atom stereocenters. The Morgan fingerprint density at radius 1 is 0.864 bits per heavy atom. The lowest BCUT2D eigenvalue weighted by Crippen LogP contribution is -2.45. The van der Waals surface area contributed by atoms with Crippen LogP contribution in [0.2, 0.25) is 0 Å². The third-order valence-corrected chi connectivity index (χ3v) is 3.19. The number of anilines is 2. The molecule has 4 N–H and O–H groups in total. The molecule has 7 heteroatoms. The first kappa shape index (κ1) is 16.1. The van der Waals surface area contributed by atoms with E-state index in [-0.39, 0.29) is 5.82 Å². The Kier molecular flexibility index (Phi) is 5.62. The van der Waals surface area contributed by atoms with E-state index in [4.69, 9.17) is 24.4 Å². The number of hydrogen-bond acceptors (Lipinski definition) is 2. The minimum atomic E-state index is -0.300. The van der Waals surface area contributed by atoms with Crippen molar-refractivity contribution in [2.45, 2.75) is 6.92 Å². The minimum absolute atomic E-state index is 0.300. The van der Waals surface area contributed by atoms with Gasteiger partial charge in [0.2, 0.25) is 0 Å². The van der Waals surface area contributed by atoms with E-state index in [0.717, 1.165) is 11.3 Å². The van der Waals surface area contributed by atoms with Crippen molar-refractivity contribution in [2.24, 2.45) is 0 Å².